The summed E-state index contributed by atoms with van der Waals surface area (Å²) in [6.45, 7) is 6.52. The lowest BCUT2D eigenvalue weighted by Crippen LogP contribution is -1.97. The van der Waals surface area contributed by atoms with Crippen LogP contribution in [-0.4, -0.2) is 0 Å². The van der Waals surface area contributed by atoms with Crippen molar-refractivity contribution in [2.24, 2.45) is 0 Å². The lowest BCUT2D eigenvalue weighted by molar-refractivity contribution is 0.918. The number of hydrogen-bond donors (Lipinski definition) is 0. The van der Waals surface area contributed by atoms with E-state index in [4.69, 9.17) is 11.6 Å². The molecule has 2 rings (SSSR count). The van der Waals surface area contributed by atoms with Crippen molar-refractivity contribution in [2.75, 3.05) is 0 Å². The average Bonchev–Trinajstić information content (AvgIpc) is 2.32. The van der Waals surface area contributed by atoms with Gasteiger partial charge in [0.15, 0.2) is 0 Å². The predicted octanol–water partition coefficient (Wildman–Crippen LogP) is 5.11. The van der Waals surface area contributed by atoms with Gasteiger partial charge in [-0.1, -0.05) is 48.9 Å². The van der Waals surface area contributed by atoms with E-state index in [1.807, 2.05) is 18.2 Å². The summed E-state index contributed by atoms with van der Waals surface area (Å²) in [5.74, 6) is 0.382. The molecule has 0 radical (unpaired) electrons. The average molecular weight is 245 g/mol. The van der Waals surface area contributed by atoms with Crippen LogP contribution in [0.5, 0.6) is 0 Å². The zero-order chi connectivity index (χ0) is 12.4. The Morgan fingerprint density at radius 2 is 1.59 bits per heavy atom. The number of hydrogen-bond acceptors (Lipinski definition) is 0. The lowest BCUT2D eigenvalue weighted by atomic mass is 9.91. The molecule has 0 aliphatic carbocycles. The minimum Gasteiger partial charge on any atom is -0.0843 e. The second kappa shape index (κ2) is 4.93. The first kappa shape index (κ1) is 12.2. The van der Waals surface area contributed by atoms with Crippen LogP contribution in [0.3, 0.4) is 0 Å². The fourth-order valence-electron chi connectivity index (χ4n) is 2.00. The van der Waals surface area contributed by atoms with Crippen molar-refractivity contribution in [3.63, 3.8) is 0 Å². The molecule has 0 saturated heterocycles. The second-order valence-electron chi connectivity index (χ2n) is 4.62. The van der Waals surface area contributed by atoms with Crippen LogP contribution in [-0.2, 0) is 0 Å². The van der Waals surface area contributed by atoms with Crippen molar-refractivity contribution in [3.05, 3.63) is 69.7 Å². The molecule has 88 valence electrons. The van der Waals surface area contributed by atoms with Crippen LogP contribution in [0.25, 0.3) is 0 Å². The summed E-state index contributed by atoms with van der Waals surface area (Å²) >= 11 is 6.03. The Morgan fingerprint density at radius 3 is 2.24 bits per heavy atom. The number of rotatable bonds is 2. The minimum absolute atomic E-state index is 0.382. The molecule has 0 aromatic heterocycles. The van der Waals surface area contributed by atoms with Gasteiger partial charge in [-0.3, -0.25) is 0 Å². The van der Waals surface area contributed by atoms with Gasteiger partial charge in [0.2, 0.25) is 0 Å². The highest BCUT2D eigenvalue weighted by atomic mass is 35.5. The van der Waals surface area contributed by atoms with Gasteiger partial charge in [-0.05, 0) is 48.2 Å². The Bertz CT molecular complexity index is 529. The van der Waals surface area contributed by atoms with Gasteiger partial charge in [0.25, 0.3) is 0 Å². The lowest BCUT2D eigenvalue weighted by Gasteiger charge is -2.14. The van der Waals surface area contributed by atoms with E-state index in [1.54, 1.807) is 0 Å². The van der Waals surface area contributed by atoms with E-state index >= 15 is 0 Å². The highest BCUT2D eigenvalue weighted by molar-refractivity contribution is 6.30. The topological polar surface area (TPSA) is 0 Å². The zero-order valence-electron chi connectivity index (χ0n) is 10.5. The molecule has 0 bridgehead atoms. The Labute approximate surface area is 108 Å². The van der Waals surface area contributed by atoms with Gasteiger partial charge in [0.05, 0.1) is 0 Å². The number of aryl methyl sites for hydroxylation is 2. The molecular formula is C16H17Cl. The molecule has 0 heterocycles. The molecule has 0 saturated carbocycles. The highest BCUT2D eigenvalue weighted by Crippen LogP contribution is 2.27. The largest absolute Gasteiger partial charge is 0.0843 e. The van der Waals surface area contributed by atoms with Crippen LogP contribution in [0.15, 0.2) is 42.5 Å². The standard InChI is InChI=1S/C16H17Cl/c1-11-7-8-15(9-12(11)2)13(3)14-5-4-6-16(17)10-14/h4-10,13H,1-3H3. The van der Waals surface area contributed by atoms with Crippen LogP contribution in [0, 0.1) is 13.8 Å². The van der Waals surface area contributed by atoms with Gasteiger partial charge in [-0.25, -0.2) is 0 Å². The van der Waals surface area contributed by atoms with Crippen molar-refractivity contribution in [1.82, 2.24) is 0 Å². The van der Waals surface area contributed by atoms with E-state index in [-0.39, 0.29) is 0 Å². The highest BCUT2D eigenvalue weighted by Gasteiger charge is 2.09. The molecule has 0 N–H and O–H groups in total. The van der Waals surface area contributed by atoms with E-state index in [0.717, 1.165) is 5.02 Å². The van der Waals surface area contributed by atoms with Gasteiger partial charge < -0.3 is 0 Å². The van der Waals surface area contributed by atoms with Crippen LogP contribution in [0.2, 0.25) is 5.02 Å². The fourth-order valence-corrected chi connectivity index (χ4v) is 2.20. The summed E-state index contributed by atoms with van der Waals surface area (Å²) in [7, 11) is 0. The maximum Gasteiger partial charge on any atom is 0.0408 e. The van der Waals surface area contributed by atoms with Crippen molar-refractivity contribution < 1.29 is 0 Å². The molecule has 2 aromatic carbocycles. The first-order valence-electron chi connectivity index (χ1n) is 5.90. The molecule has 0 spiro atoms. The predicted molar refractivity (Wildman–Crippen MR) is 74.9 cm³/mol. The first-order valence-corrected chi connectivity index (χ1v) is 6.28. The summed E-state index contributed by atoms with van der Waals surface area (Å²) in [6.07, 6.45) is 0. The quantitative estimate of drug-likeness (QED) is 0.689. The van der Waals surface area contributed by atoms with Gasteiger partial charge in [0, 0.05) is 10.9 Å². The van der Waals surface area contributed by atoms with E-state index in [2.05, 4.69) is 45.0 Å². The molecule has 0 aliphatic heterocycles. The van der Waals surface area contributed by atoms with Crippen molar-refractivity contribution in [2.45, 2.75) is 26.7 Å². The van der Waals surface area contributed by atoms with E-state index in [1.165, 1.54) is 22.3 Å². The summed E-state index contributed by atoms with van der Waals surface area (Å²) in [4.78, 5) is 0. The maximum absolute atomic E-state index is 6.03. The van der Waals surface area contributed by atoms with Crippen LogP contribution in [0.1, 0.15) is 35.1 Å². The molecule has 17 heavy (non-hydrogen) atoms. The van der Waals surface area contributed by atoms with E-state index in [0.29, 0.717) is 5.92 Å². The Morgan fingerprint density at radius 1 is 0.882 bits per heavy atom. The van der Waals surface area contributed by atoms with E-state index in [9.17, 15) is 0 Å². The Hall–Kier alpha value is -1.27. The van der Waals surface area contributed by atoms with Gasteiger partial charge in [-0.15, -0.1) is 0 Å². The Balaban J connectivity index is 2.36. The van der Waals surface area contributed by atoms with Crippen molar-refractivity contribution >= 4 is 11.6 Å². The summed E-state index contributed by atoms with van der Waals surface area (Å²) in [6, 6.07) is 14.8. The monoisotopic (exact) mass is 244 g/mol. The van der Waals surface area contributed by atoms with Gasteiger partial charge in [0.1, 0.15) is 0 Å². The molecule has 2 aromatic rings. The minimum atomic E-state index is 0.382. The van der Waals surface area contributed by atoms with Crippen molar-refractivity contribution in [3.8, 4) is 0 Å². The number of benzene rings is 2. The van der Waals surface area contributed by atoms with Crippen LogP contribution in [0.4, 0.5) is 0 Å². The molecule has 0 amide bonds. The smallest absolute Gasteiger partial charge is 0.0408 e. The van der Waals surface area contributed by atoms with Gasteiger partial charge in [-0.2, -0.15) is 0 Å². The molecule has 1 heteroatoms. The molecule has 0 fully saturated rings. The number of halogens is 1. The third kappa shape index (κ3) is 2.70. The summed E-state index contributed by atoms with van der Waals surface area (Å²) in [5, 5.41) is 0.804. The third-order valence-corrected chi connectivity index (χ3v) is 3.61. The van der Waals surface area contributed by atoms with Crippen molar-refractivity contribution in [1.29, 1.82) is 0 Å². The SMILES string of the molecule is Cc1ccc(C(C)c2cccc(Cl)c2)cc1C. The van der Waals surface area contributed by atoms with Crippen LogP contribution < -0.4 is 0 Å². The summed E-state index contributed by atoms with van der Waals surface area (Å²) < 4.78 is 0. The van der Waals surface area contributed by atoms with Gasteiger partial charge >= 0.3 is 0 Å². The molecule has 1 atom stereocenters. The van der Waals surface area contributed by atoms with Crippen LogP contribution >= 0.6 is 11.6 Å². The molecular weight excluding hydrogens is 228 g/mol. The molecule has 0 aliphatic rings. The fraction of sp³-hybridized carbons (Fsp3) is 0.250. The molecule has 0 nitrogen and oxygen atoms in total. The molecule has 1 unspecified atom stereocenters. The third-order valence-electron chi connectivity index (χ3n) is 3.38. The Kier molecular flexibility index (Phi) is 3.54. The summed E-state index contributed by atoms with van der Waals surface area (Å²) in [5.41, 5.74) is 5.29. The van der Waals surface area contributed by atoms with E-state index < -0.39 is 0 Å². The first-order chi connectivity index (χ1) is 8.08. The maximum atomic E-state index is 6.03. The zero-order valence-corrected chi connectivity index (χ0v) is 11.3. The second-order valence-corrected chi connectivity index (χ2v) is 5.06. The normalized spacial score (nSPS) is 12.5.